The molecule has 0 aromatic rings. The van der Waals surface area contributed by atoms with Gasteiger partial charge < -0.3 is 0 Å². The second-order valence-corrected chi connectivity index (χ2v) is 6.35. The van der Waals surface area contributed by atoms with Crippen molar-refractivity contribution in [3.05, 3.63) is 12.2 Å². The van der Waals surface area contributed by atoms with E-state index in [0.29, 0.717) is 5.92 Å². The van der Waals surface area contributed by atoms with Crippen LogP contribution in [0.3, 0.4) is 0 Å². The maximum Gasteiger partial charge on any atom is 0.0908 e. The van der Waals surface area contributed by atoms with Crippen molar-refractivity contribution < 1.29 is 0 Å². The Labute approximate surface area is 112 Å². The first-order valence-corrected chi connectivity index (χ1v) is 7.89. The third-order valence-corrected chi connectivity index (χ3v) is 5.39. The molecule has 0 saturated heterocycles. The van der Waals surface area contributed by atoms with Gasteiger partial charge in [-0.2, -0.15) is 5.26 Å². The highest BCUT2D eigenvalue weighted by atomic mass is 14.3. The van der Waals surface area contributed by atoms with Crippen LogP contribution in [0.5, 0.6) is 0 Å². The van der Waals surface area contributed by atoms with Crippen molar-refractivity contribution in [3.8, 4) is 6.07 Å². The van der Waals surface area contributed by atoms with Crippen molar-refractivity contribution >= 4 is 0 Å². The summed E-state index contributed by atoms with van der Waals surface area (Å²) in [7, 11) is 0. The van der Waals surface area contributed by atoms with Crippen LogP contribution in [-0.2, 0) is 0 Å². The summed E-state index contributed by atoms with van der Waals surface area (Å²) < 4.78 is 0. The minimum absolute atomic E-state index is 0.688. The van der Waals surface area contributed by atoms with E-state index in [1.807, 2.05) is 0 Å². The number of nitrogens with zero attached hydrogens (tertiary/aromatic N) is 1. The number of hydrogen-bond acceptors (Lipinski definition) is 1. The Kier molecular flexibility index (Phi) is 5.29. The first-order chi connectivity index (χ1) is 8.83. The second-order valence-electron chi connectivity index (χ2n) is 6.35. The first-order valence-electron chi connectivity index (χ1n) is 7.89. The maximum absolute atomic E-state index is 8.56. The molecule has 2 aliphatic carbocycles. The van der Waals surface area contributed by atoms with E-state index in [2.05, 4.69) is 19.1 Å². The van der Waals surface area contributed by atoms with Crippen molar-refractivity contribution in [1.29, 1.82) is 5.26 Å². The van der Waals surface area contributed by atoms with Gasteiger partial charge in [0.25, 0.3) is 0 Å². The zero-order valence-electron chi connectivity index (χ0n) is 11.8. The Bertz CT molecular complexity index is 296. The summed E-state index contributed by atoms with van der Waals surface area (Å²) in [6.07, 6.45) is 16.6. The molecule has 2 aliphatic rings. The SMILES string of the molecule is CCC1CCC(C2CCC(C=CC#N)CC2)CC1. The fourth-order valence-corrected chi connectivity index (χ4v) is 4.06. The minimum Gasteiger partial charge on any atom is -0.193 e. The van der Waals surface area contributed by atoms with Crippen molar-refractivity contribution in [2.45, 2.75) is 64.7 Å². The van der Waals surface area contributed by atoms with Crippen molar-refractivity contribution in [3.63, 3.8) is 0 Å². The number of nitriles is 1. The van der Waals surface area contributed by atoms with Gasteiger partial charge in [0.2, 0.25) is 0 Å². The molecule has 0 unspecified atom stereocenters. The average Bonchev–Trinajstić information content (AvgIpc) is 2.46. The molecular formula is C17H27N. The van der Waals surface area contributed by atoms with Gasteiger partial charge in [0.15, 0.2) is 0 Å². The molecule has 0 aromatic carbocycles. The van der Waals surface area contributed by atoms with E-state index in [9.17, 15) is 0 Å². The molecule has 0 amide bonds. The molecule has 0 atom stereocenters. The molecule has 0 N–H and O–H groups in total. The molecule has 2 fully saturated rings. The quantitative estimate of drug-likeness (QED) is 0.635. The fourth-order valence-electron chi connectivity index (χ4n) is 4.06. The Balaban J connectivity index is 1.73. The van der Waals surface area contributed by atoms with E-state index in [-0.39, 0.29) is 0 Å². The zero-order chi connectivity index (χ0) is 12.8. The maximum atomic E-state index is 8.56. The van der Waals surface area contributed by atoms with Crippen LogP contribution in [0.25, 0.3) is 0 Å². The van der Waals surface area contributed by atoms with Gasteiger partial charge in [-0.25, -0.2) is 0 Å². The number of hydrogen-bond donors (Lipinski definition) is 0. The summed E-state index contributed by atoms with van der Waals surface area (Å²) in [6.45, 7) is 2.34. The molecule has 1 heteroatoms. The topological polar surface area (TPSA) is 23.8 Å². The smallest absolute Gasteiger partial charge is 0.0908 e. The molecule has 1 nitrogen and oxygen atoms in total. The van der Waals surface area contributed by atoms with Crippen molar-refractivity contribution in [2.24, 2.45) is 23.7 Å². The van der Waals surface area contributed by atoms with Gasteiger partial charge in [0.05, 0.1) is 6.07 Å². The number of rotatable bonds is 3. The second kappa shape index (κ2) is 6.98. The van der Waals surface area contributed by atoms with Gasteiger partial charge in [0.1, 0.15) is 0 Å². The van der Waals surface area contributed by atoms with E-state index in [1.54, 1.807) is 6.08 Å². The van der Waals surface area contributed by atoms with E-state index in [4.69, 9.17) is 5.26 Å². The Morgan fingerprint density at radius 1 is 0.944 bits per heavy atom. The fraction of sp³-hybridized carbons (Fsp3) is 0.824. The molecular weight excluding hydrogens is 218 g/mol. The van der Waals surface area contributed by atoms with Gasteiger partial charge in [-0.05, 0) is 62.2 Å². The number of allylic oxidation sites excluding steroid dienone is 2. The highest BCUT2D eigenvalue weighted by molar-refractivity contribution is 5.04. The Morgan fingerprint density at radius 2 is 1.50 bits per heavy atom. The summed E-state index contributed by atoms with van der Waals surface area (Å²) in [5.74, 6) is 3.73. The predicted molar refractivity (Wildman–Crippen MR) is 75.9 cm³/mol. The van der Waals surface area contributed by atoms with Gasteiger partial charge in [0, 0.05) is 6.08 Å². The van der Waals surface area contributed by atoms with E-state index < -0.39 is 0 Å². The van der Waals surface area contributed by atoms with Crippen LogP contribution >= 0.6 is 0 Å². The standard InChI is InChI=1S/C17H27N/c1-2-14-5-9-16(10-6-14)17-11-7-15(8-12-17)4-3-13-18/h3-4,14-17H,2,5-12H2,1H3. The lowest BCUT2D eigenvalue weighted by molar-refractivity contribution is 0.154. The molecule has 0 heterocycles. The van der Waals surface area contributed by atoms with Crippen molar-refractivity contribution in [1.82, 2.24) is 0 Å². The molecule has 0 aromatic heterocycles. The van der Waals surface area contributed by atoms with E-state index in [0.717, 1.165) is 17.8 Å². The summed E-state index contributed by atoms with van der Waals surface area (Å²) >= 11 is 0. The summed E-state index contributed by atoms with van der Waals surface area (Å²) in [6, 6.07) is 2.12. The molecule has 2 rings (SSSR count). The Hall–Kier alpha value is -0.770. The lowest BCUT2D eigenvalue weighted by Crippen LogP contribution is -2.25. The molecule has 0 bridgehead atoms. The van der Waals surface area contributed by atoms with Crippen LogP contribution in [-0.4, -0.2) is 0 Å². The minimum atomic E-state index is 0.688. The van der Waals surface area contributed by atoms with E-state index in [1.165, 1.54) is 57.8 Å². The van der Waals surface area contributed by atoms with Crippen molar-refractivity contribution in [2.75, 3.05) is 0 Å². The van der Waals surface area contributed by atoms with Crippen LogP contribution in [0.2, 0.25) is 0 Å². The molecule has 18 heavy (non-hydrogen) atoms. The molecule has 0 aliphatic heterocycles. The molecule has 100 valence electrons. The predicted octanol–water partition coefficient (Wildman–Crippen LogP) is 5.09. The van der Waals surface area contributed by atoms with Crippen LogP contribution in [0.15, 0.2) is 12.2 Å². The first kappa shape index (κ1) is 13.7. The van der Waals surface area contributed by atoms with Crippen LogP contribution < -0.4 is 0 Å². The van der Waals surface area contributed by atoms with Crippen LogP contribution in [0, 0.1) is 35.0 Å². The summed E-state index contributed by atoms with van der Waals surface area (Å²) in [5.41, 5.74) is 0. The monoisotopic (exact) mass is 245 g/mol. The van der Waals surface area contributed by atoms with Crippen LogP contribution in [0.4, 0.5) is 0 Å². The van der Waals surface area contributed by atoms with Gasteiger partial charge in [-0.1, -0.05) is 32.3 Å². The van der Waals surface area contributed by atoms with Crippen LogP contribution in [0.1, 0.15) is 64.7 Å². The lowest BCUT2D eigenvalue weighted by atomic mass is 9.69. The summed E-state index contributed by atoms with van der Waals surface area (Å²) in [5, 5.41) is 8.56. The third-order valence-electron chi connectivity index (χ3n) is 5.39. The van der Waals surface area contributed by atoms with E-state index >= 15 is 0 Å². The third kappa shape index (κ3) is 3.61. The van der Waals surface area contributed by atoms with Gasteiger partial charge >= 0.3 is 0 Å². The Morgan fingerprint density at radius 3 is 2.00 bits per heavy atom. The normalized spacial score (nSPS) is 37.6. The molecule has 0 radical (unpaired) electrons. The highest BCUT2D eigenvalue weighted by Crippen LogP contribution is 2.42. The zero-order valence-corrected chi connectivity index (χ0v) is 11.8. The largest absolute Gasteiger partial charge is 0.193 e. The average molecular weight is 245 g/mol. The summed E-state index contributed by atoms with van der Waals surface area (Å²) in [4.78, 5) is 0. The van der Waals surface area contributed by atoms with Gasteiger partial charge in [-0.3, -0.25) is 0 Å². The lowest BCUT2D eigenvalue weighted by Gasteiger charge is -2.37. The highest BCUT2D eigenvalue weighted by Gasteiger charge is 2.29. The molecule has 2 saturated carbocycles. The molecule has 0 spiro atoms. The van der Waals surface area contributed by atoms with Gasteiger partial charge in [-0.15, -0.1) is 0 Å².